The average Bonchev–Trinajstić information content (AvgIpc) is 3.08. The van der Waals surface area contributed by atoms with Gasteiger partial charge in [-0.3, -0.25) is 4.90 Å². The van der Waals surface area contributed by atoms with Gasteiger partial charge in [-0.25, -0.2) is 0 Å². The summed E-state index contributed by atoms with van der Waals surface area (Å²) in [5.41, 5.74) is 0.925. The van der Waals surface area contributed by atoms with E-state index >= 15 is 0 Å². The molecule has 5 nitrogen and oxygen atoms in total. The van der Waals surface area contributed by atoms with Crippen LogP contribution in [-0.2, 0) is 6.54 Å². The van der Waals surface area contributed by atoms with Crippen LogP contribution in [0.25, 0.3) is 11.4 Å². The molecule has 1 saturated heterocycles. The van der Waals surface area contributed by atoms with E-state index in [-0.39, 0.29) is 12.6 Å². The van der Waals surface area contributed by atoms with Crippen molar-refractivity contribution in [1.82, 2.24) is 15.0 Å². The smallest absolute Gasteiger partial charge is 0.241 e. The van der Waals surface area contributed by atoms with Crippen molar-refractivity contribution >= 4 is 15.9 Å². The first-order valence-corrected chi connectivity index (χ1v) is 7.49. The van der Waals surface area contributed by atoms with Crippen LogP contribution in [0.4, 0.5) is 0 Å². The van der Waals surface area contributed by atoms with Crippen molar-refractivity contribution in [1.29, 1.82) is 0 Å². The van der Waals surface area contributed by atoms with Gasteiger partial charge in [0.2, 0.25) is 11.7 Å². The van der Waals surface area contributed by atoms with Gasteiger partial charge in [0.25, 0.3) is 0 Å². The molecule has 0 radical (unpaired) electrons. The first kappa shape index (κ1) is 13.7. The van der Waals surface area contributed by atoms with Crippen molar-refractivity contribution in [3.05, 3.63) is 34.6 Å². The van der Waals surface area contributed by atoms with Gasteiger partial charge in [-0.1, -0.05) is 33.2 Å². The van der Waals surface area contributed by atoms with Crippen LogP contribution in [0, 0.1) is 0 Å². The maximum Gasteiger partial charge on any atom is 0.241 e. The van der Waals surface area contributed by atoms with Crippen molar-refractivity contribution in [3.63, 3.8) is 0 Å². The number of aromatic nitrogens is 2. The van der Waals surface area contributed by atoms with Crippen molar-refractivity contribution in [2.24, 2.45) is 0 Å². The molecule has 0 spiro atoms. The third kappa shape index (κ3) is 2.92. The highest BCUT2D eigenvalue weighted by atomic mass is 79.9. The summed E-state index contributed by atoms with van der Waals surface area (Å²) in [6.07, 6.45) is 2.14. The molecule has 106 valence electrons. The molecule has 1 aromatic carbocycles. The minimum Gasteiger partial charge on any atom is -0.395 e. The molecule has 2 heterocycles. The molecule has 20 heavy (non-hydrogen) atoms. The summed E-state index contributed by atoms with van der Waals surface area (Å²) in [7, 11) is 0. The summed E-state index contributed by atoms with van der Waals surface area (Å²) in [5.74, 6) is 1.20. The van der Waals surface area contributed by atoms with Gasteiger partial charge in [0.1, 0.15) is 0 Å². The second-order valence-electron chi connectivity index (χ2n) is 4.97. The molecule has 1 unspecified atom stereocenters. The Kier molecular flexibility index (Phi) is 4.14. The molecule has 0 aliphatic carbocycles. The van der Waals surface area contributed by atoms with Gasteiger partial charge in [-0.2, -0.15) is 4.98 Å². The maximum absolute atomic E-state index is 9.31. The van der Waals surface area contributed by atoms with E-state index < -0.39 is 0 Å². The Labute approximate surface area is 125 Å². The lowest BCUT2D eigenvalue weighted by Crippen LogP contribution is -2.31. The third-order valence-corrected chi connectivity index (χ3v) is 4.09. The first-order valence-electron chi connectivity index (χ1n) is 6.69. The quantitative estimate of drug-likeness (QED) is 0.928. The summed E-state index contributed by atoms with van der Waals surface area (Å²) in [6.45, 7) is 1.76. The Morgan fingerprint density at radius 1 is 1.45 bits per heavy atom. The second kappa shape index (κ2) is 6.03. The second-order valence-corrected chi connectivity index (χ2v) is 5.89. The number of aliphatic hydroxyl groups excluding tert-OH is 1. The largest absolute Gasteiger partial charge is 0.395 e. The predicted octanol–water partition coefficient (Wildman–Crippen LogP) is 2.46. The van der Waals surface area contributed by atoms with Gasteiger partial charge in [0.15, 0.2) is 0 Å². The highest BCUT2D eigenvalue weighted by Crippen LogP contribution is 2.22. The Balaban J connectivity index is 1.74. The van der Waals surface area contributed by atoms with E-state index in [0.29, 0.717) is 18.3 Å². The number of halogens is 1. The number of rotatable bonds is 4. The SMILES string of the molecule is OCC1CCCN1Cc1nc(-c2cccc(Br)c2)no1. The van der Waals surface area contributed by atoms with Gasteiger partial charge >= 0.3 is 0 Å². The van der Waals surface area contributed by atoms with Crippen molar-refractivity contribution in [2.45, 2.75) is 25.4 Å². The van der Waals surface area contributed by atoms with Gasteiger partial charge < -0.3 is 9.63 Å². The molecular formula is C14H16BrN3O2. The Bertz CT molecular complexity index is 587. The van der Waals surface area contributed by atoms with E-state index in [9.17, 15) is 5.11 Å². The summed E-state index contributed by atoms with van der Waals surface area (Å²) in [4.78, 5) is 6.62. The van der Waals surface area contributed by atoms with Crippen LogP contribution in [0.5, 0.6) is 0 Å². The van der Waals surface area contributed by atoms with Crippen LogP contribution < -0.4 is 0 Å². The molecule has 1 aromatic heterocycles. The van der Waals surface area contributed by atoms with Gasteiger partial charge in [0, 0.05) is 16.1 Å². The number of hydrogen-bond donors (Lipinski definition) is 1. The Morgan fingerprint density at radius 3 is 3.15 bits per heavy atom. The highest BCUT2D eigenvalue weighted by Gasteiger charge is 2.25. The summed E-state index contributed by atoms with van der Waals surface area (Å²) >= 11 is 3.43. The fraction of sp³-hybridized carbons (Fsp3) is 0.429. The van der Waals surface area contributed by atoms with Gasteiger partial charge in [-0.15, -0.1) is 0 Å². The number of likely N-dealkylation sites (tertiary alicyclic amines) is 1. The van der Waals surface area contributed by atoms with Gasteiger partial charge in [-0.05, 0) is 31.5 Å². The predicted molar refractivity (Wildman–Crippen MR) is 78.0 cm³/mol. The van der Waals surface area contributed by atoms with E-state index in [1.807, 2.05) is 24.3 Å². The van der Waals surface area contributed by atoms with E-state index in [2.05, 4.69) is 31.0 Å². The molecule has 0 bridgehead atoms. The normalized spacial score (nSPS) is 19.6. The lowest BCUT2D eigenvalue weighted by atomic mass is 10.2. The topological polar surface area (TPSA) is 62.4 Å². The van der Waals surface area contributed by atoms with Crippen molar-refractivity contribution in [3.8, 4) is 11.4 Å². The van der Waals surface area contributed by atoms with Crippen LogP contribution in [0.15, 0.2) is 33.3 Å². The summed E-state index contributed by atoms with van der Waals surface area (Å²) in [5, 5.41) is 13.3. The van der Waals surface area contributed by atoms with Crippen molar-refractivity contribution in [2.75, 3.05) is 13.2 Å². The van der Waals surface area contributed by atoms with Crippen LogP contribution >= 0.6 is 15.9 Å². The fourth-order valence-corrected chi connectivity index (χ4v) is 2.95. The minimum atomic E-state index is 0.187. The maximum atomic E-state index is 9.31. The van der Waals surface area contributed by atoms with Crippen molar-refractivity contribution < 1.29 is 9.63 Å². The fourth-order valence-electron chi connectivity index (χ4n) is 2.55. The molecule has 2 aromatic rings. The zero-order valence-electron chi connectivity index (χ0n) is 11.0. The molecule has 1 fully saturated rings. The number of benzene rings is 1. The number of aliphatic hydroxyl groups is 1. The molecular weight excluding hydrogens is 322 g/mol. The highest BCUT2D eigenvalue weighted by molar-refractivity contribution is 9.10. The Hall–Kier alpha value is -1.24. The lowest BCUT2D eigenvalue weighted by molar-refractivity contribution is 0.141. The van der Waals surface area contributed by atoms with E-state index in [0.717, 1.165) is 29.4 Å². The zero-order chi connectivity index (χ0) is 13.9. The molecule has 1 N–H and O–H groups in total. The number of hydrogen-bond acceptors (Lipinski definition) is 5. The minimum absolute atomic E-state index is 0.187. The Morgan fingerprint density at radius 2 is 2.35 bits per heavy atom. The average molecular weight is 338 g/mol. The molecule has 0 saturated carbocycles. The standard InChI is InChI=1S/C14H16BrN3O2/c15-11-4-1-3-10(7-11)14-16-13(20-17-14)8-18-6-2-5-12(18)9-19/h1,3-4,7,12,19H,2,5-6,8-9H2. The number of nitrogens with zero attached hydrogens (tertiary/aromatic N) is 3. The van der Waals surface area contributed by atoms with Gasteiger partial charge in [0.05, 0.1) is 13.2 Å². The third-order valence-electron chi connectivity index (χ3n) is 3.60. The van der Waals surface area contributed by atoms with E-state index in [4.69, 9.17) is 4.52 Å². The van der Waals surface area contributed by atoms with E-state index in [1.54, 1.807) is 0 Å². The molecule has 3 rings (SSSR count). The van der Waals surface area contributed by atoms with Crippen LogP contribution in [0.2, 0.25) is 0 Å². The summed E-state index contributed by atoms with van der Waals surface area (Å²) in [6, 6.07) is 8.03. The monoisotopic (exact) mass is 337 g/mol. The molecule has 6 heteroatoms. The molecule has 0 amide bonds. The molecule has 1 aliphatic heterocycles. The lowest BCUT2D eigenvalue weighted by Gasteiger charge is -2.20. The van der Waals surface area contributed by atoms with Crippen LogP contribution in [0.1, 0.15) is 18.7 Å². The van der Waals surface area contributed by atoms with E-state index in [1.165, 1.54) is 0 Å². The summed E-state index contributed by atoms with van der Waals surface area (Å²) < 4.78 is 6.30. The molecule has 1 aliphatic rings. The van der Waals surface area contributed by atoms with Crippen LogP contribution in [-0.4, -0.2) is 39.3 Å². The first-order chi connectivity index (χ1) is 9.76. The zero-order valence-corrected chi connectivity index (χ0v) is 12.6. The molecule has 1 atom stereocenters. The van der Waals surface area contributed by atoms with Crippen LogP contribution in [0.3, 0.4) is 0 Å².